The van der Waals surface area contributed by atoms with Gasteiger partial charge >= 0.3 is 6.03 Å². The van der Waals surface area contributed by atoms with Gasteiger partial charge in [0.05, 0.1) is 12.5 Å². The number of aromatic nitrogens is 1. The van der Waals surface area contributed by atoms with Crippen molar-refractivity contribution in [2.45, 2.75) is 18.4 Å². The van der Waals surface area contributed by atoms with Crippen molar-refractivity contribution in [3.8, 4) is 0 Å². The van der Waals surface area contributed by atoms with E-state index in [0.29, 0.717) is 5.02 Å². The lowest BCUT2D eigenvalue weighted by molar-refractivity contribution is -0.121. The Morgan fingerprint density at radius 1 is 0.941 bits per heavy atom. The molecule has 2 atom stereocenters. The average Bonchev–Trinajstić information content (AvgIpc) is 3.24. The van der Waals surface area contributed by atoms with Gasteiger partial charge in [-0.15, -0.1) is 0 Å². The van der Waals surface area contributed by atoms with Crippen LogP contribution in [0, 0.1) is 5.82 Å². The minimum atomic E-state index is -0.898. The smallest absolute Gasteiger partial charge is 0.312 e. The zero-order chi connectivity index (χ0) is 24.1. The lowest BCUT2D eigenvalue weighted by atomic mass is 9.90. The van der Waals surface area contributed by atoms with Crippen LogP contribution in [0.5, 0.6) is 0 Å². The fourth-order valence-electron chi connectivity index (χ4n) is 4.17. The van der Waals surface area contributed by atoms with Crippen LogP contribution in [-0.4, -0.2) is 23.5 Å². The third-order valence-electron chi connectivity index (χ3n) is 5.77. The molecule has 0 radical (unpaired) electrons. The maximum Gasteiger partial charge on any atom is 0.312 e. The van der Waals surface area contributed by atoms with Crippen LogP contribution in [0.3, 0.4) is 0 Å². The number of primary amides is 1. The molecular weight excluding hydrogens is 455 g/mol. The molecule has 0 unspecified atom stereocenters. The Morgan fingerprint density at radius 3 is 2.35 bits per heavy atom. The zero-order valence-corrected chi connectivity index (χ0v) is 19.0. The molecule has 4 aromatic rings. The van der Waals surface area contributed by atoms with Gasteiger partial charge in [-0.05, 0) is 29.3 Å². The van der Waals surface area contributed by atoms with E-state index in [1.54, 1.807) is 6.07 Å². The first-order chi connectivity index (χ1) is 16.4. The highest BCUT2D eigenvalue weighted by molar-refractivity contribution is 6.31. The summed E-state index contributed by atoms with van der Waals surface area (Å²) < 4.78 is 14.3. The molecule has 0 saturated heterocycles. The van der Waals surface area contributed by atoms with E-state index >= 15 is 0 Å². The first-order valence-electron chi connectivity index (χ1n) is 10.8. The van der Waals surface area contributed by atoms with Gasteiger partial charge in [-0.3, -0.25) is 4.79 Å². The topological polar surface area (TPSA) is 100 Å². The van der Waals surface area contributed by atoms with E-state index < -0.39 is 17.9 Å². The maximum atomic E-state index is 14.3. The summed E-state index contributed by atoms with van der Waals surface area (Å²) in [7, 11) is 0. The summed E-state index contributed by atoms with van der Waals surface area (Å²) in [4.78, 5) is 27.7. The number of rotatable bonds is 8. The van der Waals surface area contributed by atoms with E-state index in [-0.39, 0.29) is 30.4 Å². The summed E-state index contributed by atoms with van der Waals surface area (Å²) >= 11 is 6.52. The third kappa shape index (κ3) is 5.21. The molecule has 0 aliphatic rings. The van der Waals surface area contributed by atoms with Crippen molar-refractivity contribution in [1.29, 1.82) is 0 Å². The highest BCUT2D eigenvalue weighted by atomic mass is 35.5. The van der Waals surface area contributed by atoms with Gasteiger partial charge in [0.15, 0.2) is 0 Å². The predicted molar refractivity (Wildman–Crippen MR) is 131 cm³/mol. The van der Waals surface area contributed by atoms with E-state index in [1.165, 1.54) is 18.2 Å². The first-order valence-corrected chi connectivity index (χ1v) is 11.2. The molecule has 0 fully saturated rings. The van der Waals surface area contributed by atoms with E-state index in [9.17, 15) is 14.0 Å². The van der Waals surface area contributed by atoms with Crippen LogP contribution in [0.4, 0.5) is 9.18 Å². The number of amides is 3. The average molecular weight is 479 g/mol. The van der Waals surface area contributed by atoms with Crippen LogP contribution in [0.25, 0.3) is 10.9 Å². The van der Waals surface area contributed by atoms with Gasteiger partial charge < -0.3 is 21.4 Å². The number of carbonyl (C=O) groups is 2. The molecule has 0 bridgehead atoms. The van der Waals surface area contributed by atoms with Gasteiger partial charge in [0.1, 0.15) is 5.82 Å². The molecule has 34 heavy (non-hydrogen) atoms. The second-order valence-corrected chi connectivity index (χ2v) is 8.36. The molecular formula is C26H24ClFN4O2. The number of fused-ring (bicyclic) bond motifs is 1. The fraction of sp³-hybridized carbons (Fsp3) is 0.154. The molecule has 0 aliphatic heterocycles. The molecule has 174 valence electrons. The molecule has 3 amide bonds. The summed E-state index contributed by atoms with van der Waals surface area (Å²) in [6, 6.07) is 19.6. The fourth-order valence-corrected chi connectivity index (χ4v) is 4.44. The van der Waals surface area contributed by atoms with Gasteiger partial charge in [0.2, 0.25) is 5.91 Å². The minimum Gasteiger partial charge on any atom is -0.361 e. The molecule has 0 spiro atoms. The first kappa shape index (κ1) is 23.3. The van der Waals surface area contributed by atoms with Crippen molar-refractivity contribution >= 4 is 34.4 Å². The Morgan fingerprint density at radius 2 is 1.62 bits per heavy atom. The molecule has 4 rings (SSSR count). The molecule has 8 heteroatoms. The predicted octanol–water partition coefficient (Wildman–Crippen LogP) is 5.01. The van der Waals surface area contributed by atoms with Crippen LogP contribution in [-0.2, 0) is 4.79 Å². The van der Waals surface area contributed by atoms with Crippen molar-refractivity contribution in [2.24, 2.45) is 5.73 Å². The quantitative estimate of drug-likeness (QED) is 0.286. The van der Waals surface area contributed by atoms with E-state index in [1.807, 2.05) is 54.7 Å². The Bertz CT molecular complexity index is 1320. The zero-order valence-electron chi connectivity index (χ0n) is 18.2. The van der Waals surface area contributed by atoms with Crippen LogP contribution < -0.4 is 16.4 Å². The largest absolute Gasteiger partial charge is 0.361 e. The maximum absolute atomic E-state index is 14.3. The number of benzene rings is 3. The second kappa shape index (κ2) is 10.4. The standard InChI is InChI=1S/C26H24ClFN4O2/c27-21-10-4-1-7-16(21)19(20-14-30-23-12-6-3-8-17(20)23)15-31-25(33)13-24(32-26(29)34)18-9-2-5-11-22(18)28/h1-12,14,19,24,30H,13,15H2,(H,31,33)(H3,29,32,34)/t19-,24+/m1/s1. The normalized spacial score (nSPS) is 12.8. The van der Waals surface area contributed by atoms with Crippen LogP contribution in [0.1, 0.15) is 35.1 Å². The van der Waals surface area contributed by atoms with Crippen LogP contribution in [0.2, 0.25) is 5.02 Å². The number of urea groups is 1. The van der Waals surface area contributed by atoms with Gasteiger partial charge in [-0.1, -0.05) is 66.2 Å². The van der Waals surface area contributed by atoms with Gasteiger partial charge in [0, 0.05) is 40.1 Å². The number of H-pyrrole nitrogens is 1. The number of nitrogens with one attached hydrogen (secondary N) is 3. The Kier molecular flexibility index (Phi) is 7.13. The highest BCUT2D eigenvalue weighted by Crippen LogP contribution is 2.34. The molecule has 1 aromatic heterocycles. The van der Waals surface area contributed by atoms with Gasteiger partial charge in [-0.2, -0.15) is 0 Å². The molecule has 6 nitrogen and oxygen atoms in total. The van der Waals surface area contributed by atoms with Gasteiger partial charge in [0.25, 0.3) is 0 Å². The number of aromatic amines is 1. The Hall–Kier alpha value is -3.84. The summed E-state index contributed by atoms with van der Waals surface area (Å²) in [6.07, 6.45) is 1.74. The van der Waals surface area contributed by atoms with Crippen LogP contribution >= 0.6 is 11.6 Å². The number of nitrogens with two attached hydrogens (primary N) is 1. The van der Waals surface area contributed by atoms with Gasteiger partial charge in [-0.25, -0.2) is 9.18 Å². The number of hydrogen-bond acceptors (Lipinski definition) is 2. The minimum absolute atomic E-state index is 0.174. The monoisotopic (exact) mass is 478 g/mol. The Labute approximate surface area is 201 Å². The highest BCUT2D eigenvalue weighted by Gasteiger charge is 2.24. The second-order valence-electron chi connectivity index (χ2n) is 7.95. The van der Waals surface area contributed by atoms with E-state index in [0.717, 1.165) is 22.0 Å². The van der Waals surface area contributed by atoms with Crippen molar-refractivity contribution in [2.75, 3.05) is 6.54 Å². The van der Waals surface area contributed by atoms with E-state index in [4.69, 9.17) is 17.3 Å². The van der Waals surface area contributed by atoms with Crippen molar-refractivity contribution in [3.63, 3.8) is 0 Å². The molecule has 5 N–H and O–H groups in total. The van der Waals surface area contributed by atoms with Crippen molar-refractivity contribution in [1.82, 2.24) is 15.6 Å². The number of hydrogen-bond donors (Lipinski definition) is 4. The third-order valence-corrected chi connectivity index (χ3v) is 6.11. The SMILES string of the molecule is NC(=O)N[C@@H](CC(=O)NC[C@H](c1ccccc1Cl)c1c[nH]c2ccccc12)c1ccccc1F. The lowest BCUT2D eigenvalue weighted by Crippen LogP contribution is -2.38. The Balaban J connectivity index is 1.57. The summed E-state index contributed by atoms with van der Waals surface area (Å²) in [5, 5.41) is 7.01. The molecule has 3 aromatic carbocycles. The van der Waals surface area contributed by atoms with E-state index in [2.05, 4.69) is 15.6 Å². The lowest BCUT2D eigenvalue weighted by Gasteiger charge is -2.21. The number of para-hydroxylation sites is 1. The number of halogens is 2. The van der Waals surface area contributed by atoms with Crippen LogP contribution in [0.15, 0.2) is 79.0 Å². The summed E-state index contributed by atoms with van der Waals surface area (Å²) in [5.41, 5.74) is 8.30. The molecule has 0 saturated carbocycles. The molecule has 1 heterocycles. The van der Waals surface area contributed by atoms with Crippen molar-refractivity contribution in [3.05, 3.63) is 107 Å². The molecule has 0 aliphatic carbocycles. The summed E-state index contributed by atoms with van der Waals surface area (Å²) in [5.74, 6) is -1.12. The number of carbonyl (C=O) groups excluding carboxylic acids is 2. The van der Waals surface area contributed by atoms with Crippen molar-refractivity contribution < 1.29 is 14.0 Å². The summed E-state index contributed by atoms with van der Waals surface area (Å²) in [6.45, 7) is 0.255.